The standard InChI is InChI=1S/C8H12N2O3S/c9-3-8-10-4-7(13-8)6-1-2-14(11,12)5-6/h4,6H,1-3,5,9H2. The van der Waals surface area contributed by atoms with Crippen LogP contribution in [0.1, 0.15) is 24.0 Å². The third-order valence-corrected chi connectivity index (χ3v) is 4.15. The second kappa shape index (κ2) is 3.36. The lowest BCUT2D eigenvalue weighted by atomic mass is 10.1. The maximum atomic E-state index is 11.2. The molecule has 1 fully saturated rings. The molecule has 2 rings (SSSR count). The van der Waals surface area contributed by atoms with Crippen LogP contribution in [-0.2, 0) is 16.4 Å². The van der Waals surface area contributed by atoms with Gasteiger partial charge < -0.3 is 10.2 Å². The number of aromatic nitrogens is 1. The van der Waals surface area contributed by atoms with Crippen LogP contribution in [0.4, 0.5) is 0 Å². The molecule has 1 aromatic heterocycles. The molecule has 2 heterocycles. The first-order valence-electron chi connectivity index (χ1n) is 4.46. The van der Waals surface area contributed by atoms with Crippen LogP contribution in [0.5, 0.6) is 0 Å². The summed E-state index contributed by atoms with van der Waals surface area (Å²) in [5.41, 5.74) is 5.34. The highest BCUT2D eigenvalue weighted by Crippen LogP contribution is 2.28. The lowest BCUT2D eigenvalue weighted by molar-refractivity contribution is 0.434. The van der Waals surface area contributed by atoms with Crippen LogP contribution in [0.3, 0.4) is 0 Å². The summed E-state index contributed by atoms with van der Waals surface area (Å²) in [4.78, 5) is 3.94. The number of hydrogen-bond acceptors (Lipinski definition) is 5. The first-order valence-corrected chi connectivity index (χ1v) is 6.28. The predicted molar refractivity (Wildman–Crippen MR) is 50.4 cm³/mol. The van der Waals surface area contributed by atoms with Crippen LogP contribution in [0, 0.1) is 0 Å². The highest BCUT2D eigenvalue weighted by molar-refractivity contribution is 7.91. The molecular weight excluding hydrogens is 204 g/mol. The summed E-state index contributed by atoms with van der Waals surface area (Å²) in [6, 6.07) is 0. The Balaban J connectivity index is 2.17. The molecule has 1 aliphatic heterocycles. The van der Waals surface area contributed by atoms with Crippen LogP contribution >= 0.6 is 0 Å². The van der Waals surface area contributed by atoms with Crippen molar-refractivity contribution in [2.45, 2.75) is 18.9 Å². The minimum absolute atomic E-state index is 0.0344. The van der Waals surface area contributed by atoms with Crippen LogP contribution in [0.25, 0.3) is 0 Å². The molecule has 0 spiro atoms. The van der Waals surface area contributed by atoms with E-state index in [0.29, 0.717) is 18.1 Å². The zero-order valence-corrected chi connectivity index (χ0v) is 8.46. The molecule has 1 unspecified atom stereocenters. The number of oxazole rings is 1. The van der Waals surface area contributed by atoms with Crippen molar-refractivity contribution in [2.75, 3.05) is 11.5 Å². The minimum Gasteiger partial charge on any atom is -0.444 e. The van der Waals surface area contributed by atoms with Gasteiger partial charge in [-0.25, -0.2) is 13.4 Å². The van der Waals surface area contributed by atoms with Gasteiger partial charge in [-0.1, -0.05) is 0 Å². The highest BCUT2D eigenvalue weighted by atomic mass is 32.2. The molecule has 5 nitrogen and oxygen atoms in total. The molecule has 2 N–H and O–H groups in total. The van der Waals surface area contributed by atoms with E-state index in [-0.39, 0.29) is 24.0 Å². The van der Waals surface area contributed by atoms with Gasteiger partial charge in [-0.15, -0.1) is 0 Å². The zero-order valence-electron chi connectivity index (χ0n) is 7.64. The fraction of sp³-hybridized carbons (Fsp3) is 0.625. The molecule has 0 bridgehead atoms. The van der Waals surface area contributed by atoms with Gasteiger partial charge in [0, 0.05) is 5.92 Å². The van der Waals surface area contributed by atoms with E-state index < -0.39 is 9.84 Å². The third-order valence-electron chi connectivity index (χ3n) is 2.38. The van der Waals surface area contributed by atoms with Crippen molar-refractivity contribution in [3.63, 3.8) is 0 Å². The molecule has 14 heavy (non-hydrogen) atoms. The molecule has 0 radical (unpaired) electrons. The Bertz CT molecular complexity index is 424. The summed E-state index contributed by atoms with van der Waals surface area (Å²) in [5, 5.41) is 0. The van der Waals surface area contributed by atoms with Crippen LogP contribution < -0.4 is 5.73 Å². The molecule has 1 aromatic rings. The Morgan fingerprint density at radius 2 is 2.43 bits per heavy atom. The van der Waals surface area contributed by atoms with E-state index in [9.17, 15) is 8.42 Å². The van der Waals surface area contributed by atoms with Crippen molar-refractivity contribution < 1.29 is 12.8 Å². The van der Waals surface area contributed by atoms with Crippen LogP contribution in [0.2, 0.25) is 0 Å². The van der Waals surface area contributed by atoms with Crippen molar-refractivity contribution in [2.24, 2.45) is 5.73 Å². The normalized spacial score (nSPS) is 25.4. The van der Waals surface area contributed by atoms with Crippen molar-refractivity contribution in [3.8, 4) is 0 Å². The lowest BCUT2D eigenvalue weighted by Gasteiger charge is -2.00. The molecule has 6 heteroatoms. The van der Waals surface area contributed by atoms with E-state index >= 15 is 0 Å². The Kier molecular flexibility index (Phi) is 2.32. The molecule has 1 aliphatic rings. The van der Waals surface area contributed by atoms with E-state index in [1.807, 2.05) is 0 Å². The molecule has 1 atom stereocenters. The van der Waals surface area contributed by atoms with Gasteiger partial charge in [0.05, 0.1) is 24.2 Å². The summed E-state index contributed by atoms with van der Waals surface area (Å²) in [6.07, 6.45) is 2.20. The maximum Gasteiger partial charge on any atom is 0.208 e. The van der Waals surface area contributed by atoms with Gasteiger partial charge in [0.1, 0.15) is 5.76 Å². The minimum atomic E-state index is -2.86. The molecule has 0 saturated carbocycles. The van der Waals surface area contributed by atoms with Gasteiger partial charge >= 0.3 is 0 Å². The summed E-state index contributed by atoms with van der Waals surface area (Å²) in [7, 11) is -2.86. The topological polar surface area (TPSA) is 86.2 Å². The Morgan fingerprint density at radius 1 is 1.64 bits per heavy atom. The molecule has 0 aliphatic carbocycles. The average Bonchev–Trinajstić information content (AvgIpc) is 2.70. The first-order chi connectivity index (χ1) is 6.61. The van der Waals surface area contributed by atoms with Crippen molar-refractivity contribution >= 4 is 9.84 Å². The van der Waals surface area contributed by atoms with Gasteiger partial charge in [-0.05, 0) is 6.42 Å². The Hall–Kier alpha value is -0.880. The third kappa shape index (κ3) is 1.80. The lowest BCUT2D eigenvalue weighted by Crippen LogP contribution is -2.03. The number of hydrogen-bond donors (Lipinski definition) is 1. The first kappa shape index (κ1) is 9.67. The average molecular weight is 216 g/mol. The fourth-order valence-corrected chi connectivity index (χ4v) is 3.38. The van der Waals surface area contributed by atoms with Crippen LogP contribution in [-0.4, -0.2) is 24.9 Å². The summed E-state index contributed by atoms with van der Waals surface area (Å²) in [5.74, 6) is 1.49. The number of nitrogens with zero attached hydrogens (tertiary/aromatic N) is 1. The van der Waals surface area contributed by atoms with Gasteiger partial charge in [0.25, 0.3) is 0 Å². The summed E-state index contributed by atoms with van der Waals surface area (Å²) < 4.78 is 27.7. The monoisotopic (exact) mass is 216 g/mol. The van der Waals surface area contributed by atoms with E-state index in [4.69, 9.17) is 10.2 Å². The van der Waals surface area contributed by atoms with Gasteiger partial charge in [-0.3, -0.25) is 0 Å². The summed E-state index contributed by atoms with van der Waals surface area (Å²) >= 11 is 0. The Morgan fingerprint density at radius 3 is 2.93 bits per heavy atom. The Labute approximate surface area is 82.2 Å². The second-order valence-electron chi connectivity index (χ2n) is 3.46. The number of rotatable bonds is 2. The molecule has 0 aromatic carbocycles. The smallest absolute Gasteiger partial charge is 0.208 e. The van der Waals surface area contributed by atoms with Gasteiger partial charge in [-0.2, -0.15) is 0 Å². The maximum absolute atomic E-state index is 11.2. The number of nitrogens with two attached hydrogens (primary N) is 1. The highest BCUT2D eigenvalue weighted by Gasteiger charge is 2.31. The molecule has 0 amide bonds. The SMILES string of the molecule is NCc1ncc(C2CCS(=O)(=O)C2)o1. The van der Waals surface area contributed by atoms with Crippen LogP contribution in [0.15, 0.2) is 10.6 Å². The predicted octanol–water partition coefficient (Wildman–Crippen LogP) is 0.0354. The summed E-state index contributed by atoms with van der Waals surface area (Å²) in [6.45, 7) is 0.249. The van der Waals surface area contributed by atoms with E-state index in [2.05, 4.69) is 4.98 Å². The molecule has 78 valence electrons. The van der Waals surface area contributed by atoms with Gasteiger partial charge in [0.15, 0.2) is 9.84 Å². The quantitative estimate of drug-likeness (QED) is 0.754. The van der Waals surface area contributed by atoms with Crippen molar-refractivity contribution in [1.29, 1.82) is 0 Å². The second-order valence-corrected chi connectivity index (χ2v) is 5.69. The van der Waals surface area contributed by atoms with Gasteiger partial charge in [0.2, 0.25) is 5.89 Å². The fourth-order valence-electron chi connectivity index (χ4n) is 1.63. The number of sulfone groups is 1. The van der Waals surface area contributed by atoms with E-state index in [1.165, 1.54) is 0 Å². The zero-order chi connectivity index (χ0) is 10.2. The van der Waals surface area contributed by atoms with E-state index in [0.717, 1.165) is 0 Å². The largest absolute Gasteiger partial charge is 0.444 e. The van der Waals surface area contributed by atoms with Crippen molar-refractivity contribution in [3.05, 3.63) is 17.8 Å². The molecular formula is C8H12N2O3S. The van der Waals surface area contributed by atoms with Crippen molar-refractivity contribution in [1.82, 2.24) is 4.98 Å². The molecule has 1 saturated heterocycles. The van der Waals surface area contributed by atoms with E-state index in [1.54, 1.807) is 6.20 Å².